The second-order valence-electron chi connectivity index (χ2n) is 4.05. The first-order valence-corrected chi connectivity index (χ1v) is 5.07. The highest BCUT2D eigenvalue weighted by molar-refractivity contribution is 5.71. The number of nitrogens with zero attached hydrogens (tertiary/aromatic N) is 2. The van der Waals surface area contributed by atoms with Gasteiger partial charge < -0.3 is 4.74 Å². The summed E-state index contributed by atoms with van der Waals surface area (Å²) in [4.78, 5) is 25.5. The number of ether oxygens (including phenoxy) is 1. The Bertz CT molecular complexity index is 407. The van der Waals surface area contributed by atoms with Crippen molar-refractivity contribution in [2.75, 3.05) is 13.7 Å². The fraction of sp³-hybridized carbons (Fsp3) is 0.455. The normalized spacial score (nSPS) is 13.8. The van der Waals surface area contributed by atoms with Crippen molar-refractivity contribution in [3.8, 4) is 0 Å². The molecular formula is C11H14N2O4. The van der Waals surface area contributed by atoms with E-state index in [0.29, 0.717) is 5.56 Å². The van der Waals surface area contributed by atoms with Crippen LogP contribution in [0, 0.1) is 10.1 Å². The van der Waals surface area contributed by atoms with Gasteiger partial charge in [0.05, 0.1) is 18.9 Å². The number of nitro groups is 1. The summed E-state index contributed by atoms with van der Waals surface area (Å²) in [7, 11) is 1.26. The topological polar surface area (TPSA) is 82.3 Å². The van der Waals surface area contributed by atoms with Crippen molar-refractivity contribution >= 4 is 5.97 Å². The van der Waals surface area contributed by atoms with Crippen molar-refractivity contribution in [3.63, 3.8) is 0 Å². The minimum atomic E-state index is -0.898. The molecule has 92 valence electrons. The number of methoxy groups -OCH3 is 1. The van der Waals surface area contributed by atoms with Crippen LogP contribution >= 0.6 is 0 Å². The molecule has 6 nitrogen and oxygen atoms in total. The molecule has 0 N–H and O–H groups in total. The van der Waals surface area contributed by atoms with Crippen molar-refractivity contribution in [1.29, 1.82) is 0 Å². The highest BCUT2D eigenvalue weighted by atomic mass is 16.6. The quantitative estimate of drug-likeness (QED) is 0.437. The summed E-state index contributed by atoms with van der Waals surface area (Å²) >= 11 is 0. The Labute approximate surface area is 98.8 Å². The first-order valence-electron chi connectivity index (χ1n) is 5.07. The molecule has 0 unspecified atom stereocenters. The van der Waals surface area contributed by atoms with Crippen molar-refractivity contribution < 1.29 is 14.5 Å². The second-order valence-corrected chi connectivity index (χ2v) is 4.05. The average Bonchev–Trinajstić information content (AvgIpc) is 2.29. The Kier molecular flexibility index (Phi) is 4.14. The molecule has 1 atom stereocenters. The number of hydrogen-bond acceptors (Lipinski definition) is 5. The highest BCUT2D eigenvalue weighted by Crippen LogP contribution is 2.27. The smallest absolute Gasteiger partial charge is 0.306 e. The summed E-state index contributed by atoms with van der Waals surface area (Å²) in [6.45, 7) is 1.32. The van der Waals surface area contributed by atoms with Crippen molar-refractivity contribution in [2.45, 2.75) is 18.8 Å². The van der Waals surface area contributed by atoms with Crippen LogP contribution < -0.4 is 0 Å². The van der Waals surface area contributed by atoms with E-state index in [1.54, 1.807) is 25.3 Å². The number of carbonyl (C=O) groups is 1. The zero-order valence-corrected chi connectivity index (χ0v) is 9.75. The first kappa shape index (κ1) is 13.1. The van der Waals surface area contributed by atoms with Gasteiger partial charge in [-0.25, -0.2) is 0 Å². The molecule has 1 aromatic rings. The van der Waals surface area contributed by atoms with Crippen LogP contribution in [0.4, 0.5) is 0 Å². The number of pyridine rings is 1. The number of rotatable bonds is 5. The number of esters is 1. The van der Waals surface area contributed by atoms with Gasteiger partial charge in [0.2, 0.25) is 6.54 Å². The lowest BCUT2D eigenvalue weighted by Gasteiger charge is -2.23. The molecule has 0 aromatic carbocycles. The van der Waals surface area contributed by atoms with E-state index in [1.165, 1.54) is 13.3 Å². The van der Waals surface area contributed by atoms with Crippen LogP contribution in [0.15, 0.2) is 24.5 Å². The van der Waals surface area contributed by atoms with Gasteiger partial charge >= 0.3 is 5.97 Å². The molecular weight excluding hydrogens is 224 g/mol. The molecule has 0 bridgehead atoms. The molecule has 0 saturated heterocycles. The number of hydrogen-bond donors (Lipinski definition) is 0. The van der Waals surface area contributed by atoms with Gasteiger partial charge in [0.25, 0.3) is 0 Å². The molecule has 1 aromatic heterocycles. The predicted molar refractivity (Wildman–Crippen MR) is 60.1 cm³/mol. The number of carbonyl (C=O) groups excluding carboxylic acids is 1. The van der Waals surface area contributed by atoms with Crippen LogP contribution in [0.3, 0.4) is 0 Å². The molecule has 0 amide bonds. The third-order valence-electron chi connectivity index (χ3n) is 2.60. The van der Waals surface area contributed by atoms with Crippen molar-refractivity contribution in [3.05, 3.63) is 40.2 Å². The molecule has 1 rings (SSSR count). The molecule has 0 aliphatic rings. The lowest BCUT2D eigenvalue weighted by Crippen LogP contribution is -2.34. The summed E-state index contributed by atoms with van der Waals surface area (Å²) in [6, 6.07) is 3.41. The van der Waals surface area contributed by atoms with E-state index in [0.717, 1.165) is 0 Å². The van der Waals surface area contributed by atoms with Gasteiger partial charge in [0, 0.05) is 17.3 Å². The Morgan fingerprint density at radius 2 is 2.35 bits per heavy atom. The largest absolute Gasteiger partial charge is 0.469 e. The maximum atomic E-state index is 11.3. The van der Waals surface area contributed by atoms with Gasteiger partial charge in [-0.3, -0.25) is 19.9 Å². The molecule has 0 fully saturated rings. The Hall–Kier alpha value is -1.98. The fourth-order valence-electron chi connectivity index (χ4n) is 1.64. The second kappa shape index (κ2) is 5.38. The average molecular weight is 238 g/mol. The maximum absolute atomic E-state index is 11.3. The maximum Gasteiger partial charge on any atom is 0.306 e. The fourth-order valence-corrected chi connectivity index (χ4v) is 1.64. The molecule has 0 spiro atoms. The molecule has 0 radical (unpaired) electrons. The lowest BCUT2D eigenvalue weighted by molar-refractivity contribution is -0.490. The zero-order chi connectivity index (χ0) is 12.9. The van der Waals surface area contributed by atoms with Crippen molar-refractivity contribution in [2.24, 2.45) is 0 Å². The van der Waals surface area contributed by atoms with E-state index < -0.39 is 16.3 Å². The third-order valence-corrected chi connectivity index (χ3v) is 2.60. The summed E-state index contributed by atoms with van der Waals surface area (Å²) in [5, 5.41) is 10.7. The van der Waals surface area contributed by atoms with Crippen LogP contribution in [0.25, 0.3) is 0 Å². The van der Waals surface area contributed by atoms with E-state index in [9.17, 15) is 14.9 Å². The Morgan fingerprint density at radius 1 is 1.65 bits per heavy atom. The molecule has 6 heteroatoms. The van der Waals surface area contributed by atoms with Gasteiger partial charge in [-0.1, -0.05) is 6.07 Å². The summed E-state index contributed by atoms with van der Waals surface area (Å²) in [5.41, 5.74) is -0.243. The van der Waals surface area contributed by atoms with Gasteiger partial charge in [0.15, 0.2) is 0 Å². The van der Waals surface area contributed by atoms with E-state index >= 15 is 0 Å². The summed E-state index contributed by atoms with van der Waals surface area (Å²) in [5.74, 6) is -0.474. The van der Waals surface area contributed by atoms with Crippen LogP contribution in [0.5, 0.6) is 0 Å². The molecule has 0 aliphatic heterocycles. The van der Waals surface area contributed by atoms with E-state index in [-0.39, 0.29) is 13.0 Å². The predicted octanol–water partition coefficient (Wildman–Crippen LogP) is 1.18. The summed E-state index contributed by atoms with van der Waals surface area (Å²) < 4.78 is 4.57. The van der Waals surface area contributed by atoms with E-state index in [1.807, 2.05) is 0 Å². The standard InChI is InChI=1S/C11H14N2O4/c1-11(8-13(15)16,6-10(14)17-2)9-4-3-5-12-7-9/h3-5,7H,6,8H2,1-2H3/t11-/m0/s1. The van der Waals surface area contributed by atoms with E-state index in [4.69, 9.17) is 0 Å². The van der Waals surface area contributed by atoms with Gasteiger partial charge in [0.1, 0.15) is 0 Å². The van der Waals surface area contributed by atoms with Crippen LogP contribution in [-0.4, -0.2) is 29.5 Å². The van der Waals surface area contributed by atoms with Crippen LogP contribution in [-0.2, 0) is 14.9 Å². The monoisotopic (exact) mass is 238 g/mol. The zero-order valence-electron chi connectivity index (χ0n) is 9.75. The van der Waals surface area contributed by atoms with Gasteiger partial charge in [-0.05, 0) is 18.6 Å². The van der Waals surface area contributed by atoms with Crippen LogP contribution in [0.2, 0.25) is 0 Å². The minimum absolute atomic E-state index is 0.0455. The summed E-state index contributed by atoms with van der Waals surface area (Å²) in [6.07, 6.45) is 3.07. The van der Waals surface area contributed by atoms with E-state index in [2.05, 4.69) is 9.72 Å². The Morgan fingerprint density at radius 3 is 2.82 bits per heavy atom. The van der Waals surface area contributed by atoms with Gasteiger partial charge in [-0.2, -0.15) is 0 Å². The molecule has 17 heavy (non-hydrogen) atoms. The van der Waals surface area contributed by atoms with Gasteiger partial charge in [-0.15, -0.1) is 0 Å². The molecule has 0 aliphatic carbocycles. The SMILES string of the molecule is COC(=O)C[C@@](C)(C[N+](=O)[O-])c1cccnc1. The van der Waals surface area contributed by atoms with Crippen LogP contribution in [0.1, 0.15) is 18.9 Å². The first-order chi connectivity index (χ1) is 7.98. The van der Waals surface area contributed by atoms with Crippen molar-refractivity contribution in [1.82, 2.24) is 4.98 Å². The highest BCUT2D eigenvalue weighted by Gasteiger charge is 2.35. The lowest BCUT2D eigenvalue weighted by atomic mass is 9.80. The Balaban J connectivity index is 3.01. The number of aromatic nitrogens is 1. The minimum Gasteiger partial charge on any atom is -0.469 e. The molecule has 0 saturated carbocycles. The third kappa shape index (κ3) is 3.51. The molecule has 1 heterocycles.